The number of hydrogen-bond donors (Lipinski definition) is 0. The van der Waals surface area contributed by atoms with E-state index >= 15 is 0 Å². The number of hydrogen-bond acceptors (Lipinski definition) is 0. The normalized spacial score (nSPS) is 22.4. The van der Waals surface area contributed by atoms with Crippen LogP contribution in [0.15, 0.2) is 36.4 Å². The topological polar surface area (TPSA) is 0 Å². The maximum absolute atomic E-state index is 2.38. The fourth-order valence-electron chi connectivity index (χ4n) is 1.88. The Morgan fingerprint density at radius 3 is 2.50 bits per heavy atom. The summed E-state index contributed by atoms with van der Waals surface area (Å²) in [6.07, 6.45) is 4.95. The molecule has 0 aliphatic heterocycles. The highest BCUT2D eigenvalue weighted by atomic mass is 14.2. The minimum atomic E-state index is 0.757. The lowest BCUT2D eigenvalue weighted by Gasteiger charge is -2.08. The van der Waals surface area contributed by atoms with Crippen LogP contribution in [0.3, 0.4) is 0 Å². The zero-order chi connectivity index (χ0) is 8.39. The van der Waals surface area contributed by atoms with Crippen LogP contribution < -0.4 is 0 Å². The first-order valence-corrected chi connectivity index (χ1v) is 4.63. The van der Waals surface area contributed by atoms with Crippen LogP contribution in [-0.2, 0) is 0 Å². The molecule has 0 radical (unpaired) electrons. The van der Waals surface area contributed by atoms with Crippen molar-refractivity contribution in [3.8, 4) is 0 Å². The molecule has 0 fully saturated rings. The molecule has 0 heterocycles. The van der Waals surface area contributed by atoms with Gasteiger partial charge in [-0.15, -0.1) is 0 Å². The minimum Gasteiger partial charge on any atom is -0.0804 e. The number of rotatable bonds is 1. The molecular weight excluding hydrogens is 144 g/mol. The molecule has 0 N–H and O–H groups in total. The molecule has 62 valence electrons. The molecule has 0 amide bonds. The quantitative estimate of drug-likeness (QED) is 0.586. The van der Waals surface area contributed by atoms with Crippen molar-refractivity contribution in [1.82, 2.24) is 0 Å². The highest BCUT2D eigenvalue weighted by molar-refractivity contribution is 5.68. The van der Waals surface area contributed by atoms with Crippen molar-refractivity contribution in [3.05, 3.63) is 42.0 Å². The molecule has 1 atom stereocenters. The lowest BCUT2D eigenvalue weighted by Crippen LogP contribution is -1.91. The van der Waals surface area contributed by atoms with Gasteiger partial charge in [0.05, 0.1) is 0 Å². The highest BCUT2D eigenvalue weighted by Gasteiger charge is 2.14. The van der Waals surface area contributed by atoms with Crippen LogP contribution >= 0.6 is 0 Å². The van der Waals surface area contributed by atoms with Gasteiger partial charge in [-0.1, -0.05) is 43.3 Å². The second kappa shape index (κ2) is 3.14. The predicted molar refractivity (Wildman–Crippen MR) is 52.8 cm³/mol. The van der Waals surface area contributed by atoms with E-state index in [9.17, 15) is 0 Å². The maximum Gasteiger partial charge on any atom is -0.0185 e. The van der Waals surface area contributed by atoms with Gasteiger partial charge >= 0.3 is 0 Å². The SMILES string of the molecule is C[C@H]1CCC=C1c1ccccc1. The Hall–Kier alpha value is -1.04. The maximum atomic E-state index is 2.38. The van der Waals surface area contributed by atoms with Crippen molar-refractivity contribution in [2.24, 2.45) is 5.92 Å². The lowest BCUT2D eigenvalue weighted by molar-refractivity contribution is 0.715. The van der Waals surface area contributed by atoms with E-state index in [1.807, 2.05) is 0 Å². The van der Waals surface area contributed by atoms with E-state index < -0.39 is 0 Å². The van der Waals surface area contributed by atoms with Gasteiger partial charge in [-0.3, -0.25) is 0 Å². The fourth-order valence-corrected chi connectivity index (χ4v) is 1.88. The van der Waals surface area contributed by atoms with E-state index in [-0.39, 0.29) is 0 Å². The van der Waals surface area contributed by atoms with Gasteiger partial charge in [0.1, 0.15) is 0 Å². The van der Waals surface area contributed by atoms with Gasteiger partial charge in [0.15, 0.2) is 0 Å². The lowest BCUT2D eigenvalue weighted by atomic mass is 9.97. The number of allylic oxidation sites excluding steroid dienone is 2. The van der Waals surface area contributed by atoms with Crippen molar-refractivity contribution in [3.63, 3.8) is 0 Å². The van der Waals surface area contributed by atoms with Crippen molar-refractivity contribution < 1.29 is 0 Å². The summed E-state index contributed by atoms with van der Waals surface area (Å²) in [4.78, 5) is 0. The first-order valence-electron chi connectivity index (χ1n) is 4.63. The van der Waals surface area contributed by atoms with Gasteiger partial charge in [0.25, 0.3) is 0 Å². The standard InChI is InChI=1S/C12H14/c1-10-6-5-9-12(10)11-7-3-2-4-8-11/h2-4,7-10H,5-6H2,1H3/t10-/m0/s1. The van der Waals surface area contributed by atoms with Crippen LogP contribution in [0.1, 0.15) is 25.3 Å². The van der Waals surface area contributed by atoms with E-state index in [2.05, 4.69) is 43.3 Å². The Morgan fingerprint density at radius 1 is 1.17 bits per heavy atom. The third kappa shape index (κ3) is 1.29. The Bertz CT molecular complexity index is 282. The monoisotopic (exact) mass is 158 g/mol. The summed E-state index contributed by atoms with van der Waals surface area (Å²) in [6.45, 7) is 2.31. The van der Waals surface area contributed by atoms with Gasteiger partial charge < -0.3 is 0 Å². The molecule has 2 rings (SSSR count). The Morgan fingerprint density at radius 2 is 1.92 bits per heavy atom. The summed E-state index contributed by atoms with van der Waals surface area (Å²) in [6, 6.07) is 10.7. The number of benzene rings is 1. The third-order valence-corrected chi connectivity index (χ3v) is 2.60. The molecule has 1 aromatic carbocycles. The molecule has 0 bridgehead atoms. The molecule has 0 nitrogen and oxygen atoms in total. The third-order valence-electron chi connectivity index (χ3n) is 2.60. The summed E-state index contributed by atoms with van der Waals surface area (Å²) in [5.74, 6) is 0.757. The molecule has 1 aromatic rings. The van der Waals surface area contributed by atoms with Gasteiger partial charge in [-0.2, -0.15) is 0 Å². The van der Waals surface area contributed by atoms with Crippen LogP contribution in [0.25, 0.3) is 5.57 Å². The Balaban J connectivity index is 2.31. The molecule has 1 aliphatic rings. The molecule has 1 aliphatic carbocycles. The molecule has 0 heteroatoms. The molecule has 0 saturated heterocycles. The molecular formula is C12H14. The molecule has 12 heavy (non-hydrogen) atoms. The summed E-state index contributed by atoms with van der Waals surface area (Å²) in [5, 5.41) is 0. The van der Waals surface area contributed by atoms with Gasteiger partial charge in [0.2, 0.25) is 0 Å². The van der Waals surface area contributed by atoms with E-state index in [1.54, 1.807) is 0 Å². The van der Waals surface area contributed by atoms with E-state index in [1.165, 1.54) is 24.0 Å². The summed E-state index contributed by atoms with van der Waals surface area (Å²) in [5.41, 5.74) is 2.94. The van der Waals surface area contributed by atoms with Crippen LogP contribution in [0.2, 0.25) is 0 Å². The Labute approximate surface area is 73.9 Å². The van der Waals surface area contributed by atoms with Crippen LogP contribution in [0.5, 0.6) is 0 Å². The Kier molecular flexibility index (Phi) is 1.99. The summed E-state index contributed by atoms with van der Waals surface area (Å²) >= 11 is 0. The zero-order valence-corrected chi connectivity index (χ0v) is 7.46. The summed E-state index contributed by atoms with van der Waals surface area (Å²) in [7, 11) is 0. The second-order valence-corrected chi connectivity index (χ2v) is 3.50. The van der Waals surface area contributed by atoms with E-state index in [0.717, 1.165) is 5.92 Å². The van der Waals surface area contributed by atoms with E-state index in [4.69, 9.17) is 0 Å². The van der Waals surface area contributed by atoms with Gasteiger partial charge in [-0.05, 0) is 29.9 Å². The highest BCUT2D eigenvalue weighted by Crippen LogP contribution is 2.32. The van der Waals surface area contributed by atoms with Crippen molar-refractivity contribution in [1.29, 1.82) is 0 Å². The second-order valence-electron chi connectivity index (χ2n) is 3.50. The van der Waals surface area contributed by atoms with E-state index in [0.29, 0.717) is 0 Å². The summed E-state index contributed by atoms with van der Waals surface area (Å²) < 4.78 is 0. The smallest absolute Gasteiger partial charge is 0.0185 e. The van der Waals surface area contributed by atoms with Crippen molar-refractivity contribution >= 4 is 5.57 Å². The largest absolute Gasteiger partial charge is 0.0804 e. The van der Waals surface area contributed by atoms with Gasteiger partial charge in [0, 0.05) is 0 Å². The average molecular weight is 158 g/mol. The first kappa shape index (κ1) is 7.60. The molecule has 0 aromatic heterocycles. The minimum absolute atomic E-state index is 0.757. The molecule has 0 saturated carbocycles. The predicted octanol–water partition coefficient (Wildman–Crippen LogP) is 3.50. The van der Waals surface area contributed by atoms with Crippen LogP contribution in [0.4, 0.5) is 0 Å². The first-order chi connectivity index (χ1) is 5.88. The van der Waals surface area contributed by atoms with Crippen molar-refractivity contribution in [2.45, 2.75) is 19.8 Å². The van der Waals surface area contributed by atoms with Crippen LogP contribution in [-0.4, -0.2) is 0 Å². The molecule has 0 unspecified atom stereocenters. The zero-order valence-electron chi connectivity index (χ0n) is 7.46. The van der Waals surface area contributed by atoms with Crippen LogP contribution in [0, 0.1) is 5.92 Å². The fraction of sp³-hybridized carbons (Fsp3) is 0.333. The average Bonchev–Trinajstić information content (AvgIpc) is 2.53. The molecule has 0 spiro atoms. The van der Waals surface area contributed by atoms with Crippen molar-refractivity contribution in [2.75, 3.05) is 0 Å². The van der Waals surface area contributed by atoms with Gasteiger partial charge in [-0.25, -0.2) is 0 Å².